The highest BCUT2D eigenvalue weighted by atomic mass is 32.1. The van der Waals surface area contributed by atoms with E-state index in [1.54, 1.807) is 17.2 Å². The fourth-order valence-corrected chi connectivity index (χ4v) is 3.72. The molecule has 3 rings (SSSR count). The molecule has 0 N–H and O–H groups in total. The summed E-state index contributed by atoms with van der Waals surface area (Å²) >= 11 is 1.49. The van der Waals surface area contributed by atoms with E-state index in [1.807, 2.05) is 28.2 Å². The van der Waals surface area contributed by atoms with E-state index in [0.29, 0.717) is 39.1 Å². The lowest BCUT2D eigenvalue weighted by molar-refractivity contribution is -0.131. The molecule has 0 bridgehead atoms. The van der Waals surface area contributed by atoms with Gasteiger partial charge in [0.1, 0.15) is 12.7 Å². The predicted octanol–water partition coefficient (Wildman–Crippen LogP) is 1.41. The number of aryl methyl sites for hydroxylation is 2. The zero-order chi connectivity index (χ0) is 16.9. The molecule has 0 aliphatic carbocycles. The molecule has 0 aromatic carbocycles. The minimum absolute atomic E-state index is 0.0845. The van der Waals surface area contributed by atoms with E-state index in [4.69, 9.17) is 0 Å². The van der Waals surface area contributed by atoms with E-state index >= 15 is 0 Å². The van der Waals surface area contributed by atoms with Crippen molar-refractivity contribution in [2.45, 2.75) is 26.3 Å². The molecule has 3 heterocycles. The minimum atomic E-state index is 0.0845. The Hall–Kier alpha value is -2.22. The molecule has 0 atom stereocenters. The molecule has 0 spiro atoms. The van der Waals surface area contributed by atoms with Crippen LogP contribution in [-0.2, 0) is 11.3 Å². The number of hydrogen-bond acceptors (Lipinski definition) is 5. The van der Waals surface area contributed by atoms with Crippen LogP contribution in [-0.4, -0.2) is 62.6 Å². The number of carbonyl (C=O) groups is 2. The lowest BCUT2D eigenvalue weighted by Gasteiger charge is -2.22. The molecule has 128 valence electrons. The van der Waals surface area contributed by atoms with Crippen molar-refractivity contribution >= 4 is 23.2 Å². The standard InChI is InChI=1S/C16H21N5O2S/c1-13-4-10-24-15(13)16(23)21-6-2-5-20(8-9-21)14(22)3-7-19-11-17-18-12-19/h4,10-12H,2-3,5-9H2,1H3. The van der Waals surface area contributed by atoms with Crippen LogP contribution in [0.25, 0.3) is 0 Å². The normalized spacial score (nSPS) is 15.4. The van der Waals surface area contributed by atoms with Crippen molar-refractivity contribution in [3.63, 3.8) is 0 Å². The smallest absolute Gasteiger partial charge is 0.264 e. The van der Waals surface area contributed by atoms with Gasteiger partial charge in [-0.3, -0.25) is 9.59 Å². The summed E-state index contributed by atoms with van der Waals surface area (Å²) in [5, 5.41) is 9.41. The summed E-state index contributed by atoms with van der Waals surface area (Å²) in [6.07, 6.45) is 4.46. The second-order valence-electron chi connectivity index (χ2n) is 5.91. The van der Waals surface area contributed by atoms with E-state index < -0.39 is 0 Å². The maximum atomic E-state index is 12.6. The van der Waals surface area contributed by atoms with Crippen molar-refractivity contribution < 1.29 is 9.59 Å². The quantitative estimate of drug-likeness (QED) is 0.838. The fraction of sp³-hybridized carbons (Fsp3) is 0.500. The highest BCUT2D eigenvalue weighted by Crippen LogP contribution is 2.19. The van der Waals surface area contributed by atoms with Crippen LogP contribution in [0.5, 0.6) is 0 Å². The van der Waals surface area contributed by atoms with Gasteiger partial charge in [0.15, 0.2) is 0 Å². The SMILES string of the molecule is Cc1ccsc1C(=O)N1CCCN(C(=O)CCn2cnnc2)CC1. The van der Waals surface area contributed by atoms with Gasteiger partial charge in [-0.15, -0.1) is 21.5 Å². The average Bonchev–Trinajstić information content (AvgIpc) is 3.18. The zero-order valence-corrected chi connectivity index (χ0v) is 14.5. The number of amides is 2. The molecule has 1 fully saturated rings. The molecule has 24 heavy (non-hydrogen) atoms. The minimum Gasteiger partial charge on any atom is -0.341 e. The molecular weight excluding hydrogens is 326 g/mol. The topological polar surface area (TPSA) is 71.3 Å². The third-order valence-electron chi connectivity index (χ3n) is 4.24. The van der Waals surface area contributed by atoms with Crippen LogP contribution in [0, 0.1) is 6.92 Å². The molecule has 1 saturated heterocycles. The van der Waals surface area contributed by atoms with E-state index in [0.717, 1.165) is 16.9 Å². The summed E-state index contributed by atoms with van der Waals surface area (Å²) in [4.78, 5) is 29.5. The number of thiophene rings is 1. The summed E-state index contributed by atoms with van der Waals surface area (Å²) in [6.45, 7) is 5.13. The first-order chi connectivity index (χ1) is 11.6. The van der Waals surface area contributed by atoms with Crippen LogP contribution in [0.1, 0.15) is 28.1 Å². The third kappa shape index (κ3) is 3.81. The molecule has 2 aromatic heterocycles. The summed E-state index contributed by atoms with van der Waals surface area (Å²) in [6, 6.07) is 1.97. The van der Waals surface area contributed by atoms with E-state index in [1.165, 1.54) is 11.3 Å². The van der Waals surface area contributed by atoms with Gasteiger partial charge in [-0.2, -0.15) is 0 Å². The van der Waals surface area contributed by atoms with Crippen molar-refractivity contribution in [3.8, 4) is 0 Å². The third-order valence-corrected chi connectivity index (χ3v) is 5.25. The zero-order valence-electron chi connectivity index (χ0n) is 13.7. The van der Waals surface area contributed by atoms with Crippen molar-refractivity contribution in [3.05, 3.63) is 34.5 Å². The number of hydrogen-bond donors (Lipinski definition) is 0. The van der Waals surface area contributed by atoms with Crippen molar-refractivity contribution in [2.75, 3.05) is 26.2 Å². The first kappa shape index (κ1) is 16.6. The number of nitrogens with zero attached hydrogens (tertiary/aromatic N) is 5. The Morgan fingerprint density at radius 3 is 2.54 bits per heavy atom. The first-order valence-corrected chi connectivity index (χ1v) is 8.96. The number of aromatic nitrogens is 3. The van der Waals surface area contributed by atoms with Gasteiger partial charge in [0.2, 0.25) is 5.91 Å². The molecule has 0 radical (unpaired) electrons. The Kier molecular flexibility index (Phi) is 5.24. The summed E-state index contributed by atoms with van der Waals surface area (Å²) < 4.78 is 1.80. The Balaban J connectivity index is 1.54. The number of rotatable bonds is 4. The monoisotopic (exact) mass is 347 g/mol. The van der Waals surface area contributed by atoms with Crippen molar-refractivity contribution in [2.24, 2.45) is 0 Å². The maximum absolute atomic E-state index is 12.6. The molecular formula is C16H21N5O2S. The van der Waals surface area contributed by atoms with Gasteiger partial charge in [-0.1, -0.05) is 0 Å². The molecule has 7 nitrogen and oxygen atoms in total. The Morgan fingerprint density at radius 2 is 1.83 bits per heavy atom. The first-order valence-electron chi connectivity index (χ1n) is 8.08. The number of carbonyl (C=O) groups excluding carboxylic acids is 2. The van der Waals surface area contributed by atoms with Crippen LogP contribution in [0.3, 0.4) is 0 Å². The Morgan fingerprint density at radius 1 is 1.12 bits per heavy atom. The fourth-order valence-electron chi connectivity index (χ4n) is 2.83. The van der Waals surface area contributed by atoms with Crippen molar-refractivity contribution in [1.29, 1.82) is 0 Å². The van der Waals surface area contributed by atoms with Crippen LogP contribution in [0.15, 0.2) is 24.1 Å². The van der Waals surface area contributed by atoms with Gasteiger partial charge >= 0.3 is 0 Å². The highest BCUT2D eigenvalue weighted by Gasteiger charge is 2.24. The maximum Gasteiger partial charge on any atom is 0.264 e. The van der Waals surface area contributed by atoms with Crippen molar-refractivity contribution in [1.82, 2.24) is 24.6 Å². The largest absolute Gasteiger partial charge is 0.341 e. The van der Waals surface area contributed by atoms with E-state index in [-0.39, 0.29) is 11.8 Å². The molecule has 1 aliphatic heterocycles. The molecule has 2 amide bonds. The van der Waals surface area contributed by atoms with Gasteiger partial charge in [-0.05, 0) is 30.4 Å². The lowest BCUT2D eigenvalue weighted by Crippen LogP contribution is -2.37. The van der Waals surface area contributed by atoms with Gasteiger partial charge in [0.25, 0.3) is 5.91 Å². The van der Waals surface area contributed by atoms with Crippen LogP contribution >= 0.6 is 11.3 Å². The lowest BCUT2D eigenvalue weighted by atomic mass is 10.2. The van der Waals surface area contributed by atoms with Crippen LogP contribution < -0.4 is 0 Å². The van der Waals surface area contributed by atoms with E-state index in [2.05, 4.69) is 10.2 Å². The highest BCUT2D eigenvalue weighted by molar-refractivity contribution is 7.12. The van der Waals surface area contributed by atoms with Gasteiger partial charge in [0.05, 0.1) is 4.88 Å². The van der Waals surface area contributed by atoms with Crippen LogP contribution in [0.4, 0.5) is 0 Å². The van der Waals surface area contributed by atoms with E-state index in [9.17, 15) is 9.59 Å². The summed E-state index contributed by atoms with van der Waals surface area (Å²) in [7, 11) is 0. The summed E-state index contributed by atoms with van der Waals surface area (Å²) in [5.41, 5.74) is 1.02. The van der Waals surface area contributed by atoms with Crippen LogP contribution in [0.2, 0.25) is 0 Å². The second-order valence-corrected chi connectivity index (χ2v) is 6.83. The molecule has 2 aromatic rings. The predicted molar refractivity (Wildman–Crippen MR) is 90.8 cm³/mol. The van der Waals surface area contributed by atoms with Gasteiger partial charge in [0, 0.05) is 39.1 Å². The molecule has 1 aliphatic rings. The molecule has 0 saturated carbocycles. The summed E-state index contributed by atoms with van der Waals surface area (Å²) in [5.74, 6) is 0.201. The average molecular weight is 347 g/mol. The van der Waals surface area contributed by atoms with Gasteiger partial charge in [-0.25, -0.2) is 0 Å². The Labute approximate surface area is 144 Å². The molecule has 8 heteroatoms. The second kappa shape index (κ2) is 7.57. The molecule has 0 unspecified atom stereocenters. The van der Waals surface area contributed by atoms with Gasteiger partial charge < -0.3 is 14.4 Å². The Bertz CT molecular complexity index is 697.